The third-order valence-corrected chi connectivity index (χ3v) is 5.91. The van der Waals surface area contributed by atoms with E-state index in [0.29, 0.717) is 31.1 Å². The number of anilines is 1. The Balaban J connectivity index is 1.56. The molecule has 7 nitrogen and oxygen atoms in total. The first-order chi connectivity index (χ1) is 16.4. The normalized spacial score (nSPS) is 16.5. The number of rotatable bonds is 8. The molecule has 1 unspecified atom stereocenters. The minimum absolute atomic E-state index is 0.0594. The van der Waals surface area contributed by atoms with Gasteiger partial charge in [-0.15, -0.1) is 0 Å². The van der Waals surface area contributed by atoms with Crippen LogP contribution in [0, 0.1) is 0 Å². The van der Waals surface area contributed by atoms with Gasteiger partial charge in [0, 0.05) is 24.9 Å². The smallest absolute Gasteiger partial charge is 0.245 e. The molecule has 0 saturated carbocycles. The molecule has 0 bridgehead atoms. The lowest BCUT2D eigenvalue weighted by atomic mass is 10.0. The summed E-state index contributed by atoms with van der Waals surface area (Å²) in [6.45, 7) is 5.07. The van der Waals surface area contributed by atoms with Gasteiger partial charge in [-0.05, 0) is 60.1 Å². The van der Waals surface area contributed by atoms with Crippen molar-refractivity contribution in [2.75, 3.05) is 18.4 Å². The van der Waals surface area contributed by atoms with Crippen LogP contribution in [0.2, 0.25) is 0 Å². The van der Waals surface area contributed by atoms with E-state index in [0.717, 1.165) is 24.0 Å². The average Bonchev–Trinajstić information content (AvgIpc) is 2.99. The molecule has 2 aromatic carbocycles. The van der Waals surface area contributed by atoms with Gasteiger partial charge in [-0.3, -0.25) is 14.4 Å². The zero-order valence-electron chi connectivity index (χ0n) is 19.9. The van der Waals surface area contributed by atoms with Crippen LogP contribution in [-0.4, -0.2) is 41.8 Å². The summed E-state index contributed by atoms with van der Waals surface area (Å²) in [5, 5.41) is 5.64. The van der Waals surface area contributed by atoms with Crippen molar-refractivity contribution in [1.29, 1.82) is 0 Å². The Kier molecular flexibility index (Phi) is 8.99. The van der Waals surface area contributed by atoms with E-state index >= 15 is 0 Å². The van der Waals surface area contributed by atoms with Crippen LogP contribution in [0.3, 0.4) is 0 Å². The van der Waals surface area contributed by atoms with Gasteiger partial charge in [0.25, 0.3) is 0 Å². The van der Waals surface area contributed by atoms with Crippen molar-refractivity contribution in [1.82, 2.24) is 10.2 Å². The Morgan fingerprint density at radius 3 is 2.62 bits per heavy atom. The summed E-state index contributed by atoms with van der Waals surface area (Å²) >= 11 is 0. The molecule has 180 valence electrons. The van der Waals surface area contributed by atoms with Gasteiger partial charge in [0.05, 0.1) is 6.54 Å². The number of hydrogen-bond donors (Lipinski definition) is 3. The topological polar surface area (TPSA) is 105 Å². The molecule has 1 aliphatic rings. The number of hydrogen-bond acceptors (Lipinski definition) is 4. The van der Waals surface area contributed by atoms with E-state index in [1.54, 1.807) is 12.1 Å². The molecule has 3 rings (SSSR count). The Bertz CT molecular complexity index is 1030. The minimum Gasteiger partial charge on any atom is -0.341 e. The largest absolute Gasteiger partial charge is 0.341 e. The van der Waals surface area contributed by atoms with Gasteiger partial charge in [0.1, 0.15) is 6.04 Å². The summed E-state index contributed by atoms with van der Waals surface area (Å²) < 4.78 is 0. The van der Waals surface area contributed by atoms with Gasteiger partial charge in [-0.1, -0.05) is 50.2 Å². The maximum atomic E-state index is 13.0. The Hall–Kier alpha value is -3.45. The van der Waals surface area contributed by atoms with Gasteiger partial charge in [0.15, 0.2) is 0 Å². The number of nitrogens with two attached hydrogens (primary N) is 1. The molecular weight excluding hydrogens is 428 g/mol. The van der Waals surface area contributed by atoms with Gasteiger partial charge in [-0.25, -0.2) is 0 Å². The number of nitrogens with one attached hydrogen (secondary N) is 2. The summed E-state index contributed by atoms with van der Waals surface area (Å²) in [6, 6.07) is 14.7. The monoisotopic (exact) mass is 462 g/mol. The van der Waals surface area contributed by atoms with Crippen LogP contribution >= 0.6 is 0 Å². The molecule has 0 spiro atoms. The molecule has 3 amide bonds. The van der Waals surface area contributed by atoms with Crippen LogP contribution in [-0.2, 0) is 20.9 Å². The average molecular weight is 463 g/mol. The van der Waals surface area contributed by atoms with Gasteiger partial charge in [0.2, 0.25) is 17.7 Å². The highest BCUT2D eigenvalue weighted by Gasteiger charge is 2.29. The second-order valence-corrected chi connectivity index (χ2v) is 8.92. The van der Waals surface area contributed by atoms with E-state index in [2.05, 4.69) is 24.5 Å². The lowest BCUT2D eigenvalue weighted by Crippen LogP contribution is -2.49. The lowest BCUT2D eigenvalue weighted by Gasteiger charge is -2.24. The molecule has 7 heteroatoms. The van der Waals surface area contributed by atoms with Crippen molar-refractivity contribution in [2.24, 2.45) is 5.73 Å². The SMILES string of the molecule is CC(C)c1ccc(/C=C/C(=O)NC2CCCCN(CC(=O)Nc3cccc(CN)c3)C2=O)cc1. The van der Waals surface area contributed by atoms with E-state index < -0.39 is 6.04 Å². The molecule has 0 aromatic heterocycles. The number of carbonyl (C=O) groups is 3. The van der Waals surface area contributed by atoms with Crippen LogP contribution < -0.4 is 16.4 Å². The van der Waals surface area contributed by atoms with Gasteiger partial charge < -0.3 is 21.3 Å². The van der Waals surface area contributed by atoms with Gasteiger partial charge >= 0.3 is 0 Å². The molecule has 2 aromatic rings. The number of likely N-dealkylation sites (tertiary alicyclic amines) is 1. The molecule has 0 aliphatic carbocycles. The molecule has 1 heterocycles. The van der Waals surface area contributed by atoms with Crippen molar-refractivity contribution in [2.45, 2.75) is 51.6 Å². The fraction of sp³-hybridized carbons (Fsp3) is 0.370. The summed E-state index contributed by atoms with van der Waals surface area (Å²) in [5.41, 5.74) is 9.37. The molecule has 0 radical (unpaired) electrons. The molecule has 1 aliphatic heterocycles. The summed E-state index contributed by atoms with van der Waals surface area (Å²) in [7, 11) is 0. The Labute approximate surface area is 201 Å². The van der Waals surface area contributed by atoms with E-state index in [1.807, 2.05) is 42.5 Å². The van der Waals surface area contributed by atoms with Crippen molar-refractivity contribution < 1.29 is 14.4 Å². The van der Waals surface area contributed by atoms with Crippen LogP contribution in [0.5, 0.6) is 0 Å². The second kappa shape index (κ2) is 12.1. The molecule has 1 fully saturated rings. The van der Waals surface area contributed by atoms with E-state index in [1.165, 1.54) is 16.5 Å². The van der Waals surface area contributed by atoms with Crippen molar-refractivity contribution >= 4 is 29.5 Å². The molecule has 1 saturated heterocycles. The van der Waals surface area contributed by atoms with E-state index in [-0.39, 0.29) is 24.3 Å². The second-order valence-electron chi connectivity index (χ2n) is 8.92. The third-order valence-electron chi connectivity index (χ3n) is 5.91. The molecule has 1 atom stereocenters. The molecule has 34 heavy (non-hydrogen) atoms. The van der Waals surface area contributed by atoms with Gasteiger partial charge in [-0.2, -0.15) is 0 Å². The fourth-order valence-electron chi connectivity index (χ4n) is 3.93. The van der Waals surface area contributed by atoms with Crippen LogP contribution in [0.25, 0.3) is 6.08 Å². The first kappa shape index (κ1) is 25.2. The molecule has 4 N–H and O–H groups in total. The summed E-state index contributed by atoms with van der Waals surface area (Å²) in [4.78, 5) is 39.6. The maximum Gasteiger partial charge on any atom is 0.245 e. The summed E-state index contributed by atoms with van der Waals surface area (Å²) in [5.74, 6) is -0.384. The van der Waals surface area contributed by atoms with Crippen molar-refractivity contribution in [3.8, 4) is 0 Å². The van der Waals surface area contributed by atoms with Crippen LogP contribution in [0.1, 0.15) is 55.7 Å². The number of nitrogens with zero attached hydrogens (tertiary/aromatic N) is 1. The summed E-state index contributed by atoms with van der Waals surface area (Å²) in [6.07, 6.45) is 5.32. The van der Waals surface area contributed by atoms with Crippen LogP contribution in [0.15, 0.2) is 54.6 Å². The zero-order chi connectivity index (χ0) is 24.5. The Morgan fingerprint density at radius 1 is 1.15 bits per heavy atom. The first-order valence-corrected chi connectivity index (χ1v) is 11.8. The Morgan fingerprint density at radius 2 is 1.91 bits per heavy atom. The predicted octanol–water partition coefficient (Wildman–Crippen LogP) is 3.42. The molecular formula is C27H34N4O3. The predicted molar refractivity (Wildman–Crippen MR) is 135 cm³/mol. The van der Waals surface area contributed by atoms with Crippen molar-refractivity contribution in [3.63, 3.8) is 0 Å². The third kappa shape index (κ3) is 7.28. The number of carbonyl (C=O) groups excluding carboxylic acids is 3. The van der Waals surface area contributed by atoms with Crippen molar-refractivity contribution in [3.05, 3.63) is 71.3 Å². The quantitative estimate of drug-likeness (QED) is 0.523. The van der Waals surface area contributed by atoms with E-state index in [9.17, 15) is 14.4 Å². The number of benzene rings is 2. The van der Waals surface area contributed by atoms with E-state index in [4.69, 9.17) is 5.73 Å². The zero-order valence-corrected chi connectivity index (χ0v) is 19.9. The highest BCUT2D eigenvalue weighted by atomic mass is 16.2. The highest BCUT2D eigenvalue weighted by molar-refractivity contribution is 5.98. The minimum atomic E-state index is -0.642. The maximum absolute atomic E-state index is 13.0. The lowest BCUT2D eigenvalue weighted by molar-refractivity contribution is -0.137. The van der Waals surface area contributed by atoms with Crippen LogP contribution in [0.4, 0.5) is 5.69 Å². The first-order valence-electron chi connectivity index (χ1n) is 11.8. The standard InChI is InChI=1S/C27H34N4O3/c1-19(2)22-12-9-20(10-13-22)11-14-25(32)30-24-8-3-4-15-31(27(24)34)18-26(33)29-23-7-5-6-21(16-23)17-28/h5-7,9-14,16,19,24H,3-4,8,15,17-18,28H2,1-2H3,(H,29,33)(H,30,32)/b14-11+. The number of amides is 3. The fourth-order valence-corrected chi connectivity index (χ4v) is 3.93. The highest BCUT2D eigenvalue weighted by Crippen LogP contribution is 2.16.